The van der Waals surface area contributed by atoms with Crippen molar-refractivity contribution in [3.05, 3.63) is 54.9 Å². The van der Waals surface area contributed by atoms with Crippen molar-refractivity contribution >= 4 is 17.3 Å². The van der Waals surface area contributed by atoms with Crippen LogP contribution < -0.4 is 10.2 Å². The Balaban J connectivity index is 1.21. The normalized spacial score (nSPS) is 20.3. The number of benzene rings is 1. The third kappa shape index (κ3) is 4.09. The molecule has 5 rings (SSSR count). The van der Waals surface area contributed by atoms with Gasteiger partial charge in [0.15, 0.2) is 5.69 Å². The molecule has 2 aliphatic heterocycles. The fourth-order valence-corrected chi connectivity index (χ4v) is 4.53. The number of anilines is 3. The summed E-state index contributed by atoms with van der Waals surface area (Å²) in [6.45, 7) is 9.37. The Morgan fingerprint density at radius 3 is 2.48 bits per heavy atom. The molecule has 2 aliphatic rings. The zero-order valence-electron chi connectivity index (χ0n) is 17.9. The Bertz CT molecular complexity index is 1090. The lowest BCUT2D eigenvalue weighted by molar-refractivity contribution is 0.00101. The minimum Gasteiger partial charge on any atom is -0.370 e. The number of imidazole rings is 1. The smallest absolute Gasteiger partial charge is 0.158 e. The molecule has 8 nitrogen and oxygen atoms in total. The first-order valence-electron chi connectivity index (χ1n) is 10.6. The first-order valence-corrected chi connectivity index (χ1v) is 10.6. The van der Waals surface area contributed by atoms with Crippen LogP contribution in [0.1, 0.15) is 26.0 Å². The highest BCUT2D eigenvalue weighted by Crippen LogP contribution is 2.34. The summed E-state index contributed by atoms with van der Waals surface area (Å²) in [6, 6.07) is 11.3. The number of nitrogens with one attached hydrogen (secondary N) is 1. The van der Waals surface area contributed by atoms with E-state index < -0.39 is 0 Å². The quantitative estimate of drug-likeness (QED) is 0.686. The molecule has 0 bridgehead atoms. The molecule has 8 heteroatoms. The molecule has 0 radical (unpaired) electrons. The average Bonchev–Trinajstić information content (AvgIpc) is 3.43. The fraction of sp³-hybridized carbons (Fsp3) is 0.391. The Labute approximate surface area is 182 Å². The maximum atomic E-state index is 8.81. The van der Waals surface area contributed by atoms with Crippen molar-refractivity contribution in [3.8, 4) is 11.8 Å². The van der Waals surface area contributed by atoms with Crippen LogP contribution in [0.15, 0.2) is 49.2 Å². The number of likely N-dealkylation sites (tertiary alicyclic amines) is 1. The van der Waals surface area contributed by atoms with Gasteiger partial charge in [0.2, 0.25) is 0 Å². The Morgan fingerprint density at radius 2 is 1.81 bits per heavy atom. The van der Waals surface area contributed by atoms with E-state index in [1.165, 1.54) is 37.6 Å². The number of hydrogen-bond donors (Lipinski definition) is 1. The second kappa shape index (κ2) is 7.67. The molecule has 2 aromatic heterocycles. The van der Waals surface area contributed by atoms with Crippen LogP contribution in [0.5, 0.6) is 0 Å². The van der Waals surface area contributed by atoms with Crippen molar-refractivity contribution in [3.63, 3.8) is 0 Å². The van der Waals surface area contributed by atoms with Crippen LogP contribution in [0.3, 0.4) is 0 Å². The van der Waals surface area contributed by atoms with Gasteiger partial charge in [-0.2, -0.15) is 5.26 Å². The number of nitrogens with zero attached hydrogens (tertiary/aromatic N) is 7. The van der Waals surface area contributed by atoms with E-state index in [9.17, 15) is 0 Å². The van der Waals surface area contributed by atoms with E-state index in [1.54, 1.807) is 6.33 Å². The summed E-state index contributed by atoms with van der Waals surface area (Å²) >= 11 is 0. The minimum absolute atomic E-state index is 0.286. The molecule has 0 amide bonds. The lowest BCUT2D eigenvalue weighted by Crippen LogP contribution is -2.57. The molecule has 2 fully saturated rings. The van der Waals surface area contributed by atoms with E-state index >= 15 is 0 Å². The number of aromatic nitrogens is 4. The third-order valence-corrected chi connectivity index (χ3v) is 6.06. The lowest BCUT2D eigenvalue weighted by Gasteiger charge is -2.49. The van der Waals surface area contributed by atoms with Gasteiger partial charge in [0.25, 0.3) is 0 Å². The molecule has 158 valence electrons. The standard InChI is InChI=1S/C23H26N8/c1-23(2)14-31(15-23)20-7-8-29(12-20)18-3-5-19(6-4-18)30-13-22(27-16-30)28-21-11-25-17(9-24)10-26-21/h3-6,10-11,13,16,20H,7-8,12,14-15H2,1-2H3,(H,26,28). The van der Waals surface area contributed by atoms with Gasteiger partial charge in [0.05, 0.1) is 18.6 Å². The monoisotopic (exact) mass is 414 g/mol. The maximum Gasteiger partial charge on any atom is 0.158 e. The highest BCUT2D eigenvalue weighted by atomic mass is 15.3. The van der Waals surface area contributed by atoms with E-state index in [2.05, 4.69) is 68.2 Å². The highest BCUT2D eigenvalue weighted by molar-refractivity contribution is 5.54. The molecule has 0 saturated carbocycles. The van der Waals surface area contributed by atoms with Gasteiger partial charge in [0, 0.05) is 43.6 Å². The molecular weight excluding hydrogens is 388 g/mol. The van der Waals surface area contributed by atoms with Crippen molar-refractivity contribution in [1.82, 2.24) is 24.4 Å². The first-order chi connectivity index (χ1) is 15.0. The van der Waals surface area contributed by atoms with Gasteiger partial charge in [-0.15, -0.1) is 0 Å². The van der Waals surface area contributed by atoms with E-state index in [0.717, 1.165) is 18.8 Å². The summed E-state index contributed by atoms with van der Waals surface area (Å²) in [7, 11) is 0. The third-order valence-electron chi connectivity index (χ3n) is 6.06. The van der Waals surface area contributed by atoms with Crippen molar-refractivity contribution in [2.24, 2.45) is 5.41 Å². The minimum atomic E-state index is 0.286. The number of rotatable bonds is 5. The Morgan fingerprint density at radius 1 is 1.03 bits per heavy atom. The Hall–Kier alpha value is -3.44. The second-order valence-electron chi connectivity index (χ2n) is 9.16. The van der Waals surface area contributed by atoms with Crippen molar-refractivity contribution in [1.29, 1.82) is 5.26 Å². The summed E-state index contributed by atoms with van der Waals surface area (Å²) < 4.78 is 1.97. The van der Waals surface area contributed by atoms with Gasteiger partial charge in [-0.25, -0.2) is 15.0 Å². The Kier molecular flexibility index (Phi) is 4.83. The molecule has 1 atom stereocenters. The second-order valence-corrected chi connectivity index (χ2v) is 9.16. The lowest BCUT2D eigenvalue weighted by atomic mass is 9.83. The van der Waals surface area contributed by atoms with Gasteiger partial charge in [-0.3, -0.25) is 4.90 Å². The van der Waals surface area contributed by atoms with Crippen LogP contribution in [-0.2, 0) is 0 Å². The maximum absolute atomic E-state index is 8.81. The van der Waals surface area contributed by atoms with Gasteiger partial charge in [-0.05, 0) is 36.1 Å². The predicted molar refractivity (Wildman–Crippen MR) is 120 cm³/mol. The summed E-state index contributed by atoms with van der Waals surface area (Å²) in [4.78, 5) is 17.7. The largest absolute Gasteiger partial charge is 0.370 e. The highest BCUT2D eigenvalue weighted by Gasteiger charge is 2.40. The number of nitriles is 1. The average molecular weight is 415 g/mol. The molecule has 1 N–H and O–H groups in total. The van der Waals surface area contributed by atoms with Crippen molar-refractivity contribution in [2.75, 3.05) is 36.4 Å². The predicted octanol–water partition coefficient (Wildman–Crippen LogP) is 3.20. The van der Waals surface area contributed by atoms with E-state index in [1.807, 2.05) is 16.8 Å². The van der Waals surface area contributed by atoms with Crippen LogP contribution in [0.4, 0.5) is 17.3 Å². The number of hydrogen-bond acceptors (Lipinski definition) is 7. The molecule has 0 aliphatic carbocycles. The summed E-state index contributed by atoms with van der Waals surface area (Å²) in [5.41, 5.74) is 3.10. The van der Waals surface area contributed by atoms with Gasteiger partial charge < -0.3 is 14.8 Å². The zero-order valence-corrected chi connectivity index (χ0v) is 17.9. The zero-order chi connectivity index (χ0) is 21.4. The molecule has 31 heavy (non-hydrogen) atoms. The molecule has 4 heterocycles. The van der Waals surface area contributed by atoms with Crippen LogP contribution >= 0.6 is 0 Å². The van der Waals surface area contributed by atoms with Crippen molar-refractivity contribution < 1.29 is 0 Å². The van der Waals surface area contributed by atoms with Gasteiger partial charge in [-0.1, -0.05) is 13.8 Å². The fourth-order valence-electron chi connectivity index (χ4n) is 4.53. The van der Waals surface area contributed by atoms with Crippen LogP contribution in [-0.4, -0.2) is 56.6 Å². The van der Waals surface area contributed by atoms with Gasteiger partial charge in [0.1, 0.15) is 24.0 Å². The molecule has 2 saturated heterocycles. The van der Waals surface area contributed by atoms with Crippen LogP contribution in [0.2, 0.25) is 0 Å². The van der Waals surface area contributed by atoms with Crippen molar-refractivity contribution in [2.45, 2.75) is 26.3 Å². The molecule has 1 unspecified atom stereocenters. The summed E-state index contributed by atoms with van der Waals surface area (Å²) in [5.74, 6) is 1.22. The van der Waals surface area contributed by atoms with Crippen LogP contribution in [0, 0.1) is 16.7 Å². The molecular formula is C23H26N8. The summed E-state index contributed by atoms with van der Waals surface area (Å²) in [5, 5.41) is 11.9. The topological polar surface area (TPSA) is 85.9 Å². The SMILES string of the molecule is CC1(C)CN(C2CCN(c3ccc(-n4cnc(Nc5cnc(C#N)cn5)c4)cc3)C2)C1. The molecule has 0 spiro atoms. The summed E-state index contributed by atoms with van der Waals surface area (Å²) in [6.07, 6.45) is 7.88. The van der Waals surface area contributed by atoms with E-state index in [-0.39, 0.29) is 5.69 Å². The van der Waals surface area contributed by atoms with Crippen LogP contribution in [0.25, 0.3) is 5.69 Å². The van der Waals surface area contributed by atoms with Gasteiger partial charge >= 0.3 is 0 Å². The first kappa shape index (κ1) is 19.5. The van der Waals surface area contributed by atoms with E-state index in [4.69, 9.17) is 5.26 Å². The van der Waals surface area contributed by atoms with E-state index in [0.29, 0.717) is 23.1 Å². The molecule has 1 aromatic carbocycles. The molecule has 3 aromatic rings.